The van der Waals surface area contributed by atoms with Crippen LogP contribution in [0.3, 0.4) is 0 Å². The summed E-state index contributed by atoms with van der Waals surface area (Å²) in [5.41, 5.74) is 1.10. The van der Waals surface area contributed by atoms with Gasteiger partial charge in [0.2, 0.25) is 0 Å². The van der Waals surface area contributed by atoms with Crippen LogP contribution in [0.15, 0.2) is 53.8 Å². The van der Waals surface area contributed by atoms with Gasteiger partial charge in [-0.05, 0) is 26.3 Å². The zero-order chi connectivity index (χ0) is 19.7. The van der Waals surface area contributed by atoms with Crippen molar-refractivity contribution in [3.8, 4) is 0 Å². The van der Waals surface area contributed by atoms with Gasteiger partial charge < -0.3 is 14.2 Å². The van der Waals surface area contributed by atoms with Gasteiger partial charge in [0, 0.05) is 19.3 Å². The van der Waals surface area contributed by atoms with Crippen LogP contribution in [-0.4, -0.2) is 31.8 Å². The minimum absolute atomic E-state index is 0.0262. The van der Waals surface area contributed by atoms with E-state index in [2.05, 4.69) is 10.8 Å². The van der Waals surface area contributed by atoms with Crippen molar-refractivity contribution in [2.75, 3.05) is 14.2 Å². The van der Waals surface area contributed by atoms with E-state index in [9.17, 15) is 9.59 Å². The Hall–Kier alpha value is -2.56. The summed E-state index contributed by atoms with van der Waals surface area (Å²) in [6.07, 6.45) is 3.74. The molecule has 0 aromatic heterocycles. The molecule has 26 heavy (non-hydrogen) atoms. The summed E-state index contributed by atoms with van der Waals surface area (Å²) in [5.74, 6) is -0.813. The van der Waals surface area contributed by atoms with Gasteiger partial charge >= 0.3 is 11.9 Å². The zero-order valence-corrected chi connectivity index (χ0v) is 16.4. The summed E-state index contributed by atoms with van der Waals surface area (Å²) in [4.78, 5) is 23.5. The van der Waals surface area contributed by atoms with E-state index in [0.29, 0.717) is 6.42 Å². The third-order valence-corrected chi connectivity index (χ3v) is 3.93. The van der Waals surface area contributed by atoms with Crippen molar-refractivity contribution >= 4 is 11.9 Å². The van der Waals surface area contributed by atoms with Crippen LogP contribution in [-0.2, 0) is 23.8 Å². The Bertz CT molecular complexity index is 671. The molecule has 0 aliphatic rings. The predicted octanol–water partition coefficient (Wildman–Crippen LogP) is 4.15. The van der Waals surface area contributed by atoms with Crippen molar-refractivity contribution in [3.05, 3.63) is 59.4 Å². The lowest BCUT2D eigenvalue weighted by Gasteiger charge is -2.33. The van der Waals surface area contributed by atoms with Crippen molar-refractivity contribution in [2.24, 2.45) is 0 Å². The van der Waals surface area contributed by atoms with E-state index in [1.807, 2.05) is 44.2 Å². The molecule has 0 spiro atoms. The molecule has 0 N–H and O–H groups in total. The Morgan fingerprint density at radius 3 is 2.15 bits per heavy atom. The Kier molecular flexibility index (Phi) is 8.10. The standard InChI is InChI=1S/C21H28O5/c1-15(2)12-18(17-10-8-7-9-11-17)14-21(4,26-16(3)22)19(24-5)13-20(23)25-6/h7-13,18H,14H2,1-6H3/b19-13-. The Labute approximate surface area is 155 Å². The van der Waals surface area contributed by atoms with Crippen molar-refractivity contribution in [2.45, 2.75) is 45.6 Å². The second-order valence-corrected chi connectivity index (χ2v) is 6.53. The number of esters is 2. The summed E-state index contributed by atoms with van der Waals surface area (Å²) in [6, 6.07) is 9.92. The molecule has 0 bridgehead atoms. The second kappa shape index (κ2) is 9.80. The highest BCUT2D eigenvalue weighted by Crippen LogP contribution is 2.36. The molecule has 0 saturated carbocycles. The molecule has 2 atom stereocenters. The number of hydrogen-bond donors (Lipinski definition) is 0. The second-order valence-electron chi connectivity index (χ2n) is 6.53. The summed E-state index contributed by atoms with van der Waals surface area (Å²) >= 11 is 0. The largest absolute Gasteiger partial charge is 0.497 e. The van der Waals surface area contributed by atoms with Gasteiger partial charge in [-0.25, -0.2) is 4.79 Å². The van der Waals surface area contributed by atoms with Gasteiger partial charge in [0.1, 0.15) is 5.76 Å². The number of ether oxygens (including phenoxy) is 3. The average Bonchev–Trinajstić information content (AvgIpc) is 2.58. The van der Waals surface area contributed by atoms with Gasteiger partial charge in [-0.1, -0.05) is 42.0 Å². The highest BCUT2D eigenvalue weighted by atomic mass is 16.6. The normalized spacial score (nSPS) is 14.6. The lowest BCUT2D eigenvalue weighted by atomic mass is 9.84. The van der Waals surface area contributed by atoms with Crippen LogP contribution in [0.2, 0.25) is 0 Å². The van der Waals surface area contributed by atoms with Crippen LogP contribution in [0, 0.1) is 0 Å². The molecule has 1 rings (SSSR count). The number of carbonyl (C=O) groups is 2. The first-order valence-corrected chi connectivity index (χ1v) is 8.45. The monoisotopic (exact) mass is 360 g/mol. The van der Waals surface area contributed by atoms with Crippen molar-refractivity contribution in [1.29, 1.82) is 0 Å². The summed E-state index contributed by atoms with van der Waals surface area (Å²) in [5, 5.41) is 0. The fourth-order valence-corrected chi connectivity index (χ4v) is 2.90. The lowest BCUT2D eigenvalue weighted by Crippen LogP contribution is -2.36. The van der Waals surface area contributed by atoms with Gasteiger partial charge in [-0.15, -0.1) is 0 Å². The molecule has 1 aromatic carbocycles. The van der Waals surface area contributed by atoms with E-state index < -0.39 is 17.5 Å². The van der Waals surface area contributed by atoms with E-state index in [0.717, 1.165) is 11.1 Å². The molecule has 0 aliphatic carbocycles. The molecule has 5 heteroatoms. The molecule has 0 amide bonds. The SMILES string of the molecule is COC(=O)/C=C(\OC)C(C)(CC(C=C(C)C)c1ccccc1)OC(C)=O. The third-order valence-electron chi connectivity index (χ3n) is 3.93. The lowest BCUT2D eigenvalue weighted by molar-refractivity contribution is -0.156. The molecule has 0 saturated heterocycles. The Balaban J connectivity index is 3.36. The summed E-state index contributed by atoms with van der Waals surface area (Å²) < 4.78 is 15.7. The minimum Gasteiger partial charge on any atom is -0.497 e. The average molecular weight is 360 g/mol. The number of hydrogen-bond acceptors (Lipinski definition) is 5. The number of methoxy groups -OCH3 is 2. The number of benzene rings is 1. The van der Waals surface area contributed by atoms with Crippen molar-refractivity contribution in [3.63, 3.8) is 0 Å². The van der Waals surface area contributed by atoms with Gasteiger partial charge in [0.15, 0.2) is 5.60 Å². The Morgan fingerprint density at radius 1 is 1.08 bits per heavy atom. The number of rotatable bonds is 8. The molecule has 142 valence electrons. The van der Waals surface area contributed by atoms with Gasteiger partial charge in [-0.3, -0.25) is 4.79 Å². The summed E-state index contributed by atoms with van der Waals surface area (Å²) in [7, 11) is 2.72. The van der Waals surface area contributed by atoms with Crippen LogP contribution in [0.4, 0.5) is 0 Å². The van der Waals surface area contributed by atoms with Crippen LogP contribution in [0.1, 0.15) is 45.6 Å². The molecular weight excluding hydrogens is 332 g/mol. The van der Waals surface area contributed by atoms with E-state index in [-0.39, 0.29) is 11.7 Å². The molecular formula is C21H28O5. The molecule has 5 nitrogen and oxygen atoms in total. The molecule has 0 radical (unpaired) electrons. The van der Waals surface area contributed by atoms with E-state index in [4.69, 9.17) is 9.47 Å². The van der Waals surface area contributed by atoms with Crippen LogP contribution in [0.25, 0.3) is 0 Å². The van der Waals surface area contributed by atoms with Gasteiger partial charge in [-0.2, -0.15) is 0 Å². The van der Waals surface area contributed by atoms with Gasteiger partial charge in [0.25, 0.3) is 0 Å². The third kappa shape index (κ3) is 6.39. The quantitative estimate of drug-likeness (QED) is 0.302. The number of carbonyl (C=O) groups excluding carboxylic acids is 2. The topological polar surface area (TPSA) is 61.8 Å². The Morgan fingerprint density at radius 2 is 1.69 bits per heavy atom. The molecule has 1 aromatic rings. The van der Waals surface area contributed by atoms with Gasteiger partial charge in [0.05, 0.1) is 20.3 Å². The molecule has 0 heterocycles. The number of allylic oxidation sites excluding steroid dienone is 2. The van der Waals surface area contributed by atoms with E-state index in [1.165, 1.54) is 27.2 Å². The maximum atomic E-state index is 11.7. The first-order chi connectivity index (χ1) is 12.2. The molecule has 2 unspecified atom stereocenters. The van der Waals surface area contributed by atoms with E-state index in [1.54, 1.807) is 6.92 Å². The molecule has 0 fully saturated rings. The highest BCUT2D eigenvalue weighted by molar-refractivity contribution is 5.82. The smallest absolute Gasteiger partial charge is 0.334 e. The summed E-state index contributed by atoms with van der Waals surface area (Å²) in [6.45, 7) is 7.10. The van der Waals surface area contributed by atoms with E-state index >= 15 is 0 Å². The maximum Gasteiger partial charge on any atom is 0.334 e. The van der Waals surface area contributed by atoms with Crippen LogP contribution < -0.4 is 0 Å². The maximum absolute atomic E-state index is 11.7. The predicted molar refractivity (Wildman–Crippen MR) is 101 cm³/mol. The minimum atomic E-state index is -1.12. The van der Waals surface area contributed by atoms with Crippen molar-refractivity contribution < 1.29 is 23.8 Å². The first-order valence-electron chi connectivity index (χ1n) is 8.45. The highest BCUT2D eigenvalue weighted by Gasteiger charge is 2.37. The van der Waals surface area contributed by atoms with Crippen LogP contribution >= 0.6 is 0 Å². The fraction of sp³-hybridized carbons (Fsp3) is 0.429. The van der Waals surface area contributed by atoms with Crippen LogP contribution in [0.5, 0.6) is 0 Å². The van der Waals surface area contributed by atoms with Crippen molar-refractivity contribution in [1.82, 2.24) is 0 Å². The zero-order valence-electron chi connectivity index (χ0n) is 16.4. The molecule has 0 aliphatic heterocycles. The first kappa shape index (κ1) is 21.5. The fourth-order valence-electron chi connectivity index (χ4n) is 2.90.